The highest BCUT2D eigenvalue weighted by molar-refractivity contribution is 6.33. The number of hydrogen-bond acceptors (Lipinski definition) is 6. The van der Waals surface area contributed by atoms with Crippen molar-refractivity contribution >= 4 is 34.6 Å². The molecule has 1 aliphatic rings. The van der Waals surface area contributed by atoms with Gasteiger partial charge in [0.25, 0.3) is 5.91 Å². The van der Waals surface area contributed by atoms with E-state index in [1.54, 1.807) is 18.3 Å². The largest absolute Gasteiger partial charge is 0.416 e. The number of imidazole rings is 1. The highest BCUT2D eigenvalue weighted by atomic mass is 35.5. The molecule has 3 aromatic carbocycles. The minimum absolute atomic E-state index is 0.0987. The summed E-state index contributed by atoms with van der Waals surface area (Å²) in [4.78, 5) is 26.8. The third-order valence-corrected chi connectivity index (χ3v) is 8.25. The predicted molar refractivity (Wildman–Crippen MR) is 168 cm³/mol. The van der Waals surface area contributed by atoms with Gasteiger partial charge in [0.2, 0.25) is 5.95 Å². The maximum absolute atomic E-state index is 13.7. The van der Waals surface area contributed by atoms with E-state index < -0.39 is 29.3 Å². The number of fused-ring (bicyclic) bond motifs is 1. The standard InChI is InChI=1S/C33H29ClF5N7O/c34-25-13-22(31(47)41-15-19-3-1-5-23(11-19)33(37,38)39)7-8-24(25)29-44-28-17-43-32(42-16-20-6-9-26(35)27(36)12-20)45-30(28)46(29)18-21-4-2-10-40-14-21/h1,3,5-9,11-13,17,21,40H,2,4,10,14-16,18H2,(H,41,47)(H,42,43,45)/t21-/m1/s1. The average molecular weight is 670 g/mol. The zero-order chi connectivity index (χ0) is 33.1. The molecule has 1 atom stereocenters. The minimum atomic E-state index is -4.48. The van der Waals surface area contributed by atoms with Crippen LogP contribution in [-0.2, 0) is 25.8 Å². The fraction of sp³-hybridized carbons (Fsp3) is 0.273. The topological polar surface area (TPSA) is 96.8 Å². The van der Waals surface area contributed by atoms with Gasteiger partial charge in [-0.05, 0) is 85.4 Å². The van der Waals surface area contributed by atoms with Gasteiger partial charge >= 0.3 is 6.18 Å². The van der Waals surface area contributed by atoms with Crippen LogP contribution in [0.5, 0.6) is 0 Å². The van der Waals surface area contributed by atoms with Crippen molar-refractivity contribution in [3.63, 3.8) is 0 Å². The molecule has 47 heavy (non-hydrogen) atoms. The summed E-state index contributed by atoms with van der Waals surface area (Å²) < 4.78 is 68.2. The molecule has 5 aromatic rings. The van der Waals surface area contributed by atoms with Gasteiger partial charge in [0.05, 0.1) is 16.8 Å². The van der Waals surface area contributed by atoms with Crippen molar-refractivity contribution in [2.24, 2.45) is 5.92 Å². The Bertz CT molecular complexity index is 1920. The lowest BCUT2D eigenvalue weighted by molar-refractivity contribution is -0.137. The smallest absolute Gasteiger partial charge is 0.350 e. The van der Waals surface area contributed by atoms with Crippen LogP contribution >= 0.6 is 11.6 Å². The molecule has 244 valence electrons. The summed E-state index contributed by atoms with van der Waals surface area (Å²) in [6.07, 6.45) is -0.898. The zero-order valence-corrected chi connectivity index (χ0v) is 25.6. The number of alkyl halides is 3. The Morgan fingerprint density at radius 3 is 2.57 bits per heavy atom. The number of benzene rings is 3. The van der Waals surface area contributed by atoms with Crippen LogP contribution in [0, 0.1) is 17.6 Å². The molecule has 1 aliphatic heterocycles. The fourth-order valence-electron chi connectivity index (χ4n) is 5.53. The van der Waals surface area contributed by atoms with Gasteiger partial charge in [-0.15, -0.1) is 0 Å². The number of nitrogens with one attached hydrogen (secondary N) is 3. The van der Waals surface area contributed by atoms with Crippen LogP contribution < -0.4 is 16.0 Å². The molecule has 3 N–H and O–H groups in total. The summed E-state index contributed by atoms with van der Waals surface area (Å²) in [5.41, 5.74) is 1.88. The Hall–Kier alpha value is -4.62. The molecule has 0 saturated carbocycles. The Morgan fingerprint density at radius 1 is 1.00 bits per heavy atom. The predicted octanol–water partition coefficient (Wildman–Crippen LogP) is 6.99. The van der Waals surface area contributed by atoms with Crippen molar-refractivity contribution in [3.8, 4) is 11.4 Å². The summed E-state index contributed by atoms with van der Waals surface area (Å²) in [5.74, 6) is -1.29. The summed E-state index contributed by atoms with van der Waals surface area (Å²) in [6.45, 7) is 2.40. The SMILES string of the molecule is O=C(NCc1cccc(C(F)(F)F)c1)c1ccc(-c2nc3cnc(NCc4ccc(F)c(F)c4)nc3n2C[C@@H]2CCCNC2)c(Cl)c1. The van der Waals surface area contributed by atoms with E-state index >= 15 is 0 Å². The second-order valence-electron chi connectivity index (χ2n) is 11.3. The molecule has 0 unspecified atom stereocenters. The summed E-state index contributed by atoms with van der Waals surface area (Å²) >= 11 is 6.73. The fourth-order valence-corrected chi connectivity index (χ4v) is 5.80. The van der Waals surface area contributed by atoms with E-state index in [-0.39, 0.29) is 35.5 Å². The molecule has 1 fully saturated rings. The zero-order valence-electron chi connectivity index (χ0n) is 24.8. The first kappa shape index (κ1) is 32.3. The molecule has 8 nitrogen and oxygen atoms in total. The van der Waals surface area contributed by atoms with Crippen LogP contribution in [0.4, 0.5) is 27.9 Å². The van der Waals surface area contributed by atoms with Gasteiger partial charge in [0.1, 0.15) is 11.3 Å². The van der Waals surface area contributed by atoms with Crippen molar-refractivity contribution in [2.45, 2.75) is 38.7 Å². The summed E-state index contributed by atoms with van der Waals surface area (Å²) in [7, 11) is 0. The number of piperidine rings is 1. The number of anilines is 1. The van der Waals surface area contributed by atoms with E-state index in [0.29, 0.717) is 40.2 Å². The molecule has 0 radical (unpaired) electrons. The van der Waals surface area contributed by atoms with Gasteiger partial charge in [0, 0.05) is 30.8 Å². The molecule has 3 heterocycles. The van der Waals surface area contributed by atoms with E-state index in [1.165, 1.54) is 24.3 Å². The van der Waals surface area contributed by atoms with Gasteiger partial charge < -0.3 is 20.5 Å². The van der Waals surface area contributed by atoms with Crippen molar-refractivity contribution in [2.75, 3.05) is 18.4 Å². The lowest BCUT2D eigenvalue weighted by atomic mass is 9.99. The van der Waals surface area contributed by atoms with Crippen LogP contribution in [0.1, 0.15) is 39.9 Å². The van der Waals surface area contributed by atoms with Gasteiger partial charge in [-0.25, -0.2) is 18.7 Å². The molecule has 1 saturated heterocycles. The van der Waals surface area contributed by atoms with Crippen molar-refractivity contribution in [1.29, 1.82) is 0 Å². The van der Waals surface area contributed by atoms with Gasteiger partial charge in [-0.2, -0.15) is 18.2 Å². The van der Waals surface area contributed by atoms with Crippen LogP contribution in [0.3, 0.4) is 0 Å². The normalized spacial score (nSPS) is 15.1. The van der Waals surface area contributed by atoms with Crippen LogP contribution in [0.25, 0.3) is 22.6 Å². The number of rotatable bonds is 9. The molecular weight excluding hydrogens is 641 g/mol. The van der Waals surface area contributed by atoms with Crippen molar-refractivity contribution in [1.82, 2.24) is 30.2 Å². The van der Waals surface area contributed by atoms with Gasteiger partial charge in [-0.1, -0.05) is 29.8 Å². The molecular formula is C33H29ClF5N7O. The lowest BCUT2D eigenvalue weighted by Crippen LogP contribution is -2.32. The van der Waals surface area contributed by atoms with E-state index in [4.69, 9.17) is 21.6 Å². The van der Waals surface area contributed by atoms with Gasteiger partial charge in [-0.3, -0.25) is 4.79 Å². The average Bonchev–Trinajstić information content (AvgIpc) is 3.41. The summed E-state index contributed by atoms with van der Waals surface area (Å²) in [6, 6.07) is 13.1. The number of carbonyl (C=O) groups excluding carboxylic acids is 1. The number of amides is 1. The second kappa shape index (κ2) is 13.6. The minimum Gasteiger partial charge on any atom is -0.350 e. The molecule has 2 aromatic heterocycles. The monoisotopic (exact) mass is 669 g/mol. The summed E-state index contributed by atoms with van der Waals surface area (Å²) in [5, 5.41) is 9.37. The quantitative estimate of drug-likeness (QED) is 0.147. The number of carbonyl (C=O) groups is 1. The third kappa shape index (κ3) is 7.52. The van der Waals surface area contributed by atoms with E-state index in [0.717, 1.165) is 50.2 Å². The first-order valence-electron chi connectivity index (χ1n) is 14.9. The van der Waals surface area contributed by atoms with Crippen molar-refractivity contribution < 1.29 is 26.7 Å². The first-order valence-corrected chi connectivity index (χ1v) is 15.3. The van der Waals surface area contributed by atoms with Crippen LogP contribution in [0.15, 0.2) is 66.9 Å². The lowest BCUT2D eigenvalue weighted by Gasteiger charge is -2.24. The van der Waals surface area contributed by atoms with E-state index in [2.05, 4.69) is 20.9 Å². The second-order valence-corrected chi connectivity index (χ2v) is 11.7. The van der Waals surface area contributed by atoms with Crippen molar-refractivity contribution in [3.05, 3.63) is 106 Å². The van der Waals surface area contributed by atoms with Gasteiger partial charge in [0.15, 0.2) is 17.3 Å². The maximum atomic E-state index is 13.7. The highest BCUT2D eigenvalue weighted by Crippen LogP contribution is 2.33. The Balaban J connectivity index is 1.25. The molecule has 0 bridgehead atoms. The first-order chi connectivity index (χ1) is 22.5. The number of aromatic nitrogens is 4. The maximum Gasteiger partial charge on any atom is 0.416 e. The van der Waals surface area contributed by atoms with Crippen LogP contribution in [0.2, 0.25) is 5.02 Å². The molecule has 1 amide bonds. The molecule has 0 spiro atoms. The number of halogens is 6. The molecule has 14 heteroatoms. The Kier molecular flexibility index (Phi) is 9.37. The molecule has 0 aliphatic carbocycles. The van der Waals surface area contributed by atoms with E-state index in [9.17, 15) is 26.7 Å². The third-order valence-electron chi connectivity index (χ3n) is 7.94. The highest BCUT2D eigenvalue weighted by Gasteiger charge is 2.30. The molecule has 6 rings (SSSR count). The number of hydrogen-bond donors (Lipinski definition) is 3. The Morgan fingerprint density at radius 2 is 1.83 bits per heavy atom. The number of nitrogens with zero attached hydrogens (tertiary/aromatic N) is 4. The van der Waals surface area contributed by atoms with Crippen LogP contribution in [-0.4, -0.2) is 38.5 Å². The Labute approximate surface area is 271 Å². The van der Waals surface area contributed by atoms with E-state index in [1.807, 2.05) is 4.57 Å².